The summed E-state index contributed by atoms with van der Waals surface area (Å²) in [6, 6.07) is 0. The smallest absolute Gasteiger partial charge is 0.145 e. The van der Waals surface area contributed by atoms with Crippen molar-refractivity contribution in [3.8, 4) is 0 Å². The molecular weight excluding hydrogens is 1920 g/mol. The Hall–Kier alpha value is -2.63. The molecule has 14 N–H and O–H groups in total. The van der Waals surface area contributed by atoms with E-state index in [1.807, 2.05) is 65.8 Å². The minimum atomic E-state index is -2.21. The lowest BCUT2D eigenvalue weighted by Gasteiger charge is -2.65. The normalized spacial score (nSPS) is 59.6. The van der Waals surface area contributed by atoms with Crippen molar-refractivity contribution in [2.75, 3.05) is 0 Å². The average molecular weight is 2080 g/mol. The summed E-state index contributed by atoms with van der Waals surface area (Å²) in [6.45, 7) is 27.2. The van der Waals surface area contributed by atoms with Gasteiger partial charge in [-0.3, -0.25) is 4.79 Å². The minimum Gasteiger partial charge on any atom is -0.393 e. The van der Waals surface area contributed by atoms with Crippen molar-refractivity contribution >= 4 is 6.29 Å². The van der Waals surface area contributed by atoms with Gasteiger partial charge in [-0.2, -0.15) is 0 Å². The SMILES string of the molecule is CC(C=O)=CCC1C=CC2(C)OC3(C)CC4OC5(C)C(CC4(C)OC3CCC2O1)OC1CC2OC3CC4OC6(C)CC(O)C7(C)OC8(C)C(O)CC9OC%10(C)CC%11OC%12CC%13OC(C(O)C(O)C(O)C%14OC(C(O)C%15OC%16CC%17OC%18CC%19OC(C%20C=CC(C(C)C(C)O)O%20)CC(O)C%19OC%18CC%17OC%16CC%15O)CC(O)C%14O)C(O)CC%13OC%12(C)C(O)CC%11OC%10CCC9OC8CC7OC6CC4(C)OC3(C)CC2OC1C5O. The predicted octanol–water partition coefficient (Wildman–Crippen LogP) is 2.02. The van der Waals surface area contributed by atoms with Gasteiger partial charge in [-0.25, -0.2) is 0 Å². The summed E-state index contributed by atoms with van der Waals surface area (Å²) in [6.07, 6.45) is -26.7. The molecule has 63 unspecified atom stereocenters. The highest BCUT2D eigenvalue weighted by atomic mass is 16.7. The van der Waals surface area contributed by atoms with Crippen LogP contribution in [0.15, 0.2) is 36.0 Å². The summed E-state index contributed by atoms with van der Waals surface area (Å²) in [5.41, 5.74) is -10.9. The molecule has 828 valence electrons. The van der Waals surface area contributed by atoms with Crippen molar-refractivity contribution in [2.24, 2.45) is 5.92 Å². The highest BCUT2D eigenvalue weighted by Gasteiger charge is 2.74. The van der Waals surface area contributed by atoms with Crippen LogP contribution in [0, 0.1) is 5.92 Å². The third kappa shape index (κ3) is 17.9. The zero-order valence-corrected chi connectivity index (χ0v) is 86.9. The summed E-state index contributed by atoms with van der Waals surface area (Å²) < 4.78 is 167. The van der Waals surface area contributed by atoms with E-state index in [1.165, 1.54) is 0 Å². The third-order valence-corrected chi connectivity index (χ3v) is 41.1. The lowest BCUT2D eigenvalue weighted by Crippen LogP contribution is -2.77. The van der Waals surface area contributed by atoms with Gasteiger partial charge in [0.2, 0.25) is 0 Å². The largest absolute Gasteiger partial charge is 0.393 e. The molecule has 0 bridgehead atoms. The second kappa shape index (κ2) is 38.0. The average Bonchev–Trinajstić information content (AvgIpc) is 1.31. The summed E-state index contributed by atoms with van der Waals surface area (Å²) >= 11 is 0. The zero-order chi connectivity index (χ0) is 103. The van der Waals surface area contributed by atoms with Gasteiger partial charge in [0.1, 0.15) is 108 Å². The van der Waals surface area contributed by atoms with Crippen LogP contribution in [0.1, 0.15) is 251 Å². The van der Waals surface area contributed by atoms with E-state index in [2.05, 4.69) is 40.7 Å². The van der Waals surface area contributed by atoms with E-state index in [0.717, 1.165) is 6.29 Å². The van der Waals surface area contributed by atoms with Gasteiger partial charge in [0, 0.05) is 128 Å². The quantitative estimate of drug-likeness (QED) is 0.0755. The maximum atomic E-state index is 12.9. The summed E-state index contributed by atoms with van der Waals surface area (Å²) in [4.78, 5) is 11.4. The molecule has 24 heterocycles. The fraction of sp³-hybridized carbons (Fsp3) is 0.935. The van der Waals surface area contributed by atoms with Crippen molar-refractivity contribution in [1.82, 2.24) is 0 Å². The van der Waals surface area contributed by atoms with Crippen LogP contribution in [0.25, 0.3) is 0 Å². The monoisotopic (exact) mass is 2080 g/mol. The fourth-order valence-electron chi connectivity index (χ4n) is 31.8. The summed E-state index contributed by atoms with van der Waals surface area (Å²) in [5.74, 6) is -0.145. The molecule has 0 spiro atoms. The molecule has 0 amide bonds. The molecule has 0 aromatic rings. The Morgan fingerprint density at radius 3 is 1.61 bits per heavy atom. The van der Waals surface area contributed by atoms with Gasteiger partial charge in [0.25, 0.3) is 0 Å². The van der Waals surface area contributed by atoms with E-state index in [9.17, 15) is 76.3 Å². The number of aliphatic hydroxyl groups is 14. The molecular formula is C108H162O39. The van der Waals surface area contributed by atoms with Crippen molar-refractivity contribution in [3.05, 3.63) is 36.0 Å². The first-order valence-corrected chi connectivity index (χ1v) is 55.5. The third-order valence-electron chi connectivity index (χ3n) is 41.1. The van der Waals surface area contributed by atoms with E-state index in [1.54, 1.807) is 20.8 Å². The molecule has 24 aliphatic heterocycles. The number of hydrogen-bond donors (Lipinski definition) is 14. The number of hydrogen-bond acceptors (Lipinski definition) is 39. The molecule has 39 heteroatoms. The van der Waals surface area contributed by atoms with Gasteiger partial charge >= 0.3 is 0 Å². The molecule has 147 heavy (non-hydrogen) atoms. The highest BCUT2D eigenvalue weighted by Crippen LogP contribution is 2.63. The molecule has 22 saturated heterocycles. The van der Waals surface area contributed by atoms with Gasteiger partial charge in [-0.15, -0.1) is 0 Å². The Morgan fingerprint density at radius 2 is 0.857 bits per heavy atom. The number of aliphatic hydroxyl groups excluding tert-OH is 14. The number of ether oxygens (including phenoxy) is 24. The van der Waals surface area contributed by atoms with Gasteiger partial charge in [0.05, 0.1) is 272 Å². The van der Waals surface area contributed by atoms with E-state index in [-0.39, 0.29) is 88.1 Å². The molecule has 39 nitrogen and oxygen atoms in total. The van der Waals surface area contributed by atoms with Gasteiger partial charge in [-0.05, 0) is 128 Å². The highest BCUT2D eigenvalue weighted by molar-refractivity contribution is 5.72. The van der Waals surface area contributed by atoms with Crippen LogP contribution >= 0.6 is 0 Å². The fourth-order valence-corrected chi connectivity index (χ4v) is 31.8. The van der Waals surface area contributed by atoms with Crippen molar-refractivity contribution in [3.63, 3.8) is 0 Å². The maximum absolute atomic E-state index is 12.9. The van der Waals surface area contributed by atoms with Crippen LogP contribution in [0.5, 0.6) is 0 Å². The molecule has 0 radical (unpaired) electrons. The number of aldehydes is 1. The van der Waals surface area contributed by atoms with Crippen LogP contribution in [0.4, 0.5) is 0 Å². The van der Waals surface area contributed by atoms with Gasteiger partial charge in [-0.1, -0.05) is 37.3 Å². The topological polar surface area (TPSA) is 522 Å². The molecule has 0 aromatic heterocycles. The Morgan fingerprint density at radius 1 is 0.340 bits per heavy atom. The predicted molar refractivity (Wildman–Crippen MR) is 506 cm³/mol. The minimum absolute atomic E-state index is 0.0281. The number of fused-ring (bicyclic) bond motifs is 20. The van der Waals surface area contributed by atoms with Crippen LogP contribution in [0.2, 0.25) is 0 Å². The molecule has 63 atom stereocenters. The van der Waals surface area contributed by atoms with Crippen LogP contribution in [-0.2, 0) is 118 Å². The van der Waals surface area contributed by atoms with Crippen LogP contribution < -0.4 is 0 Å². The molecule has 0 saturated carbocycles. The number of carbonyl (C=O) groups excluding carboxylic acids is 1. The lowest BCUT2D eigenvalue weighted by molar-refractivity contribution is -0.404. The van der Waals surface area contributed by atoms with Crippen LogP contribution in [-0.4, -0.2) is 451 Å². The van der Waals surface area contributed by atoms with E-state index >= 15 is 0 Å². The Kier molecular flexibility index (Phi) is 27.4. The lowest BCUT2D eigenvalue weighted by atomic mass is 9.68. The number of rotatable bonds is 12. The second-order valence-electron chi connectivity index (χ2n) is 51.5. The van der Waals surface area contributed by atoms with Crippen molar-refractivity contribution < 1.29 is 190 Å². The molecule has 24 aliphatic rings. The Labute approximate surface area is 858 Å². The molecule has 0 aromatic carbocycles. The first-order chi connectivity index (χ1) is 69.5. The number of carbonyl (C=O) groups is 1. The summed E-state index contributed by atoms with van der Waals surface area (Å²) in [5, 5.41) is 168. The van der Waals surface area contributed by atoms with Gasteiger partial charge < -0.3 is 185 Å². The Balaban J connectivity index is 0.391. The van der Waals surface area contributed by atoms with E-state index < -0.39 is 355 Å². The number of allylic oxidation sites excluding steroid dienone is 1. The van der Waals surface area contributed by atoms with Crippen molar-refractivity contribution in [1.29, 1.82) is 0 Å². The first kappa shape index (κ1) is 106. The zero-order valence-electron chi connectivity index (χ0n) is 86.9. The standard InChI is InChI=1S/C108H162O39/c1-45(44-109)15-16-48-23-24-98(4)76(124-48)21-22-78-103(9,145-98)42-85-101(7,142-78)43-86-108(14,144-85)97(123)95-70(132-86)32-63-72(138-95)39-102(8)79(131-63)36-80-104(10,146-102)41-84-100(6,143-80)40-75(117)107(13)83(139-84)37-82-106(12,147-107)74(116)34-67-55(129-82)19-20-77-99(5,140-67)38-71-64(130-77)33-73(115)105(11)81(133-71)35-65-66(141-105)28-52(114)94(136-65)90(121)89(120)91(122)96-87(118)49(111)25-68(137-96)88(119)93-51(113)27-57-61(135-93)29-59-58(126-57)30-62-60(127-59)31-69-92(134-62)50(112)26-56(128-69)54-18-17-53(125-54)46(2)47(3)110/h15,17-18,23-24,44,46-97,110-123H,16,19-22,25-43H2,1-14H3. The summed E-state index contributed by atoms with van der Waals surface area (Å²) in [7, 11) is 0. The molecule has 0 aliphatic carbocycles. The maximum Gasteiger partial charge on any atom is 0.145 e. The van der Waals surface area contributed by atoms with E-state index in [0.29, 0.717) is 95.5 Å². The van der Waals surface area contributed by atoms with Crippen molar-refractivity contribution in [2.45, 2.75) is 624 Å². The van der Waals surface area contributed by atoms with Gasteiger partial charge in [0.15, 0.2) is 0 Å². The van der Waals surface area contributed by atoms with Crippen LogP contribution in [0.3, 0.4) is 0 Å². The second-order valence-corrected chi connectivity index (χ2v) is 51.5. The molecule has 24 rings (SSSR count). The van der Waals surface area contributed by atoms with E-state index in [4.69, 9.17) is 114 Å². The Bertz CT molecular complexity index is 4870. The first-order valence-electron chi connectivity index (χ1n) is 55.5. The molecule has 22 fully saturated rings.